The molecular weight excluding hydrogens is 222 g/mol. The zero-order valence-electron chi connectivity index (χ0n) is 11.3. The lowest BCUT2D eigenvalue weighted by Gasteiger charge is -2.22. The van der Waals surface area contributed by atoms with E-state index in [0.717, 1.165) is 6.42 Å². The van der Waals surface area contributed by atoms with Crippen molar-refractivity contribution in [1.82, 2.24) is 5.32 Å². The zero-order chi connectivity index (χ0) is 12.8. The monoisotopic (exact) mass is 249 g/mol. The van der Waals surface area contributed by atoms with Gasteiger partial charge in [-0.1, -0.05) is 27.2 Å². The Kier molecular flexibility index (Phi) is 7.24. The van der Waals surface area contributed by atoms with Crippen molar-refractivity contribution in [3.05, 3.63) is 0 Å². The molecule has 0 saturated heterocycles. The molecule has 3 unspecified atom stereocenters. The van der Waals surface area contributed by atoms with Crippen molar-refractivity contribution in [2.75, 3.05) is 11.5 Å². The van der Waals surface area contributed by atoms with Crippen LogP contribution in [-0.2, 0) is 9.84 Å². The van der Waals surface area contributed by atoms with Crippen molar-refractivity contribution in [2.45, 2.75) is 59.5 Å². The third-order valence-electron chi connectivity index (χ3n) is 2.97. The van der Waals surface area contributed by atoms with Crippen molar-refractivity contribution in [2.24, 2.45) is 5.92 Å². The van der Waals surface area contributed by atoms with Crippen molar-refractivity contribution in [1.29, 1.82) is 0 Å². The molecule has 0 aliphatic rings. The molecule has 0 radical (unpaired) electrons. The normalized spacial score (nSPS) is 18.1. The molecule has 3 nitrogen and oxygen atoms in total. The van der Waals surface area contributed by atoms with Gasteiger partial charge in [0.2, 0.25) is 0 Å². The minimum absolute atomic E-state index is 0.0454. The van der Waals surface area contributed by atoms with Crippen LogP contribution < -0.4 is 5.32 Å². The van der Waals surface area contributed by atoms with E-state index in [1.54, 1.807) is 6.92 Å². The second kappa shape index (κ2) is 7.28. The minimum Gasteiger partial charge on any atom is -0.311 e. The Morgan fingerprint density at radius 1 is 1.06 bits per heavy atom. The predicted octanol–water partition coefficient (Wildman–Crippen LogP) is 2.22. The van der Waals surface area contributed by atoms with Gasteiger partial charge in [0.25, 0.3) is 0 Å². The summed E-state index contributed by atoms with van der Waals surface area (Å²) in [5, 5.41) is 3.36. The molecule has 0 spiro atoms. The first-order valence-corrected chi connectivity index (χ1v) is 8.09. The molecule has 0 fully saturated rings. The SMILES string of the molecule is CCC(C)CC(C)NC(C)CS(=O)(=O)CC. The maximum atomic E-state index is 11.4. The summed E-state index contributed by atoms with van der Waals surface area (Å²) in [6.45, 7) is 10.2. The molecule has 0 heterocycles. The summed E-state index contributed by atoms with van der Waals surface area (Å²) >= 11 is 0. The number of sulfone groups is 1. The topological polar surface area (TPSA) is 46.2 Å². The van der Waals surface area contributed by atoms with Crippen molar-refractivity contribution < 1.29 is 8.42 Å². The van der Waals surface area contributed by atoms with E-state index in [0.29, 0.717) is 12.0 Å². The highest BCUT2D eigenvalue weighted by atomic mass is 32.2. The lowest BCUT2D eigenvalue weighted by Crippen LogP contribution is -2.40. The van der Waals surface area contributed by atoms with Gasteiger partial charge in [-0.25, -0.2) is 8.42 Å². The lowest BCUT2D eigenvalue weighted by molar-refractivity contribution is 0.391. The van der Waals surface area contributed by atoms with Gasteiger partial charge in [0.15, 0.2) is 9.84 Å². The van der Waals surface area contributed by atoms with Crippen LogP contribution in [0.3, 0.4) is 0 Å². The Hall–Kier alpha value is -0.0900. The molecule has 1 N–H and O–H groups in total. The number of rotatable bonds is 8. The first kappa shape index (κ1) is 15.9. The van der Waals surface area contributed by atoms with E-state index in [4.69, 9.17) is 0 Å². The molecular formula is C12H27NO2S. The maximum absolute atomic E-state index is 11.4. The van der Waals surface area contributed by atoms with Gasteiger partial charge in [-0.3, -0.25) is 0 Å². The average molecular weight is 249 g/mol. The molecule has 0 bridgehead atoms. The third-order valence-corrected chi connectivity index (χ3v) is 4.85. The summed E-state index contributed by atoms with van der Waals surface area (Å²) in [6.07, 6.45) is 2.28. The summed E-state index contributed by atoms with van der Waals surface area (Å²) in [5.41, 5.74) is 0. The fourth-order valence-electron chi connectivity index (χ4n) is 1.87. The zero-order valence-corrected chi connectivity index (χ0v) is 12.1. The Morgan fingerprint density at radius 2 is 1.62 bits per heavy atom. The summed E-state index contributed by atoms with van der Waals surface area (Å²) in [5.74, 6) is 1.17. The maximum Gasteiger partial charge on any atom is 0.151 e. The van der Waals surface area contributed by atoms with Crippen LogP contribution in [0.25, 0.3) is 0 Å². The van der Waals surface area contributed by atoms with Gasteiger partial charge in [0, 0.05) is 17.8 Å². The molecule has 0 rings (SSSR count). The lowest BCUT2D eigenvalue weighted by atomic mass is 10.00. The van der Waals surface area contributed by atoms with Gasteiger partial charge in [-0.15, -0.1) is 0 Å². The first-order chi connectivity index (χ1) is 7.30. The molecule has 0 aliphatic heterocycles. The van der Waals surface area contributed by atoms with Gasteiger partial charge in [0.05, 0.1) is 5.75 Å². The molecule has 0 aromatic rings. The smallest absolute Gasteiger partial charge is 0.151 e. The second-order valence-electron chi connectivity index (χ2n) is 4.92. The molecule has 3 atom stereocenters. The first-order valence-electron chi connectivity index (χ1n) is 6.27. The van der Waals surface area contributed by atoms with Crippen LogP contribution in [0.1, 0.15) is 47.5 Å². The molecule has 98 valence electrons. The Bertz CT molecular complexity index is 275. The highest BCUT2D eigenvalue weighted by molar-refractivity contribution is 7.91. The molecule has 0 aromatic heterocycles. The van der Waals surface area contributed by atoms with Crippen molar-refractivity contribution in [3.63, 3.8) is 0 Å². The standard InChI is InChI=1S/C12H27NO2S/c1-6-10(3)8-11(4)13-12(5)9-16(14,15)7-2/h10-13H,6-9H2,1-5H3. The Labute approximate surface area is 101 Å². The third kappa shape index (κ3) is 7.23. The van der Waals surface area contributed by atoms with Crippen molar-refractivity contribution >= 4 is 9.84 Å². The Balaban J connectivity index is 4.00. The van der Waals surface area contributed by atoms with Gasteiger partial charge < -0.3 is 5.32 Å². The molecule has 0 aromatic carbocycles. The predicted molar refractivity (Wildman–Crippen MR) is 70.5 cm³/mol. The largest absolute Gasteiger partial charge is 0.311 e. The van der Waals surface area contributed by atoms with Gasteiger partial charge in [-0.2, -0.15) is 0 Å². The Morgan fingerprint density at radius 3 is 2.06 bits per heavy atom. The second-order valence-corrected chi connectivity index (χ2v) is 7.31. The van der Waals surface area contributed by atoms with Crippen molar-refractivity contribution in [3.8, 4) is 0 Å². The van der Waals surface area contributed by atoms with Crippen LogP contribution in [0.15, 0.2) is 0 Å². The van der Waals surface area contributed by atoms with Gasteiger partial charge in [0.1, 0.15) is 0 Å². The van der Waals surface area contributed by atoms with Gasteiger partial charge >= 0.3 is 0 Å². The van der Waals surface area contributed by atoms with Crippen LogP contribution in [0, 0.1) is 5.92 Å². The molecule has 0 saturated carbocycles. The van der Waals surface area contributed by atoms with Crippen LogP contribution in [0.2, 0.25) is 0 Å². The van der Waals surface area contributed by atoms with E-state index >= 15 is 0 Å². The quantitative estimate of drug-likeness (QED) is 0.717. The summed E-state index contributed by atoms with van der Waals surface area (Å²) in [6, 6.07) is 0.431. The summed E-state index contributed by atoms with van der Waals surface area (Å²) < 4.78 is 22.9. The number of hydrogen-bond acceptors (Lipinski definition) is 3. The highest BCUT2D eigenvalue weighted by Gasteiger charge is 2.16. The van der Waals surface area contributed by atoms with E-state index in [2.05, 4.69) is 26.1 Å². The number of hydrogen-bond donors (Lipinski definition) is 1. The van der Waals surface area contributed by atoms with E-state index < -0.39 is 9.84 Å². The van der Waals surface area contributed by atoms with Crippen LogP contribution in [0.4, 0.5) is 0 Å². The molecule has 16 heavy (non-hydrogen) atoms. The van der Waals surface area contributed by atoms with E-state index in [-0.39, 0.29) is 17.5 Å². The summed E-state index contributed by atoms with van der Waals surface area (Å²) in [7, 11) is -2.86. The van der Waals surface area contributed by atoms with Gasteiger partial charge in [-0.05, 0) is 26.2 Å². The summed E-state index contributed by atoms with van der Waals surface area (Å²) in [4.78, 5) is 0. The molecule has 4 heteroatoms. The fraction of sp³-hybridized carbons (Fsp3) is 1.00. The minimum atomic E-state index is -2.86. The van der Waals surface area contributed by atoms with Crippen LogP contribution in [-0.4, -0.2) is 32.0 Å². The molecule has 0 amide bonds. The van der Waals surface area contributed by atoms with E-state index in [1.807, 2.05) is 6.92 Å². The van der Waals surface area contributed by atoms with Crippen LogP contribution in [0.5, 0.6) is 0 Å². The average Bonchev–Trinajstić information content (AvgIpc) is 2.16. The number of nitrogens with one attached hydrogen (secondary N) is 1. The van der Waals surface area contributed by atoms with Crippen LogP contribution >= 0.6 is 0 Å². The molecule has 0 aliphatic carbocycles. The van der Waals surface area contributed by atoms with E-state index in [1.165, 1.54) is 6.42 Å². The fourth-order valence-corrected chi connectivity index (χ4v) is 2.96. The van der Waals surface area contributed by atoms with E-state index in [9.17, 15) is 8.42 Å². The highest BCUT2D eigenvalue weighted by Crippen LogP contribution is 2.10.